The summed E-state index contributed by atoms with van der Waals surface area (Å²) in [5.74, 6) is 0.0700. The number of primary amides is 1. The number of H-pyrrole nitrogens is 1. The number of nitrogens with zero attached hydrogens (tertiary/aromatic N) is 2. The Labute approximate surface area is 179 Å². The molecule has 0 aliphatic carbocycles. The van der Waals surface area contributed by atoms with Gasteiger partial charge in [0.2, 0.25) is 5.56 Å². The number of aryl methyl sites for hydroxylation is 2. The number of nitrogens with two attached hydrogens (primary N) is 1. The van der Waals surface area contributed by atoms with Crippen LogP contribution >= 0.6 is 0 Å². The summed E-state index contributed by atoms with van der Waals surface area (Å²) >= 11 is 0. The van der Waals surface area contributed by atoms with Crippen molar-refractivity contribution < 1.29 is 14.3 Å². The average molecular weight is 420 g/mol. The number of fused-ring (bicyclic) bond motifs is 2. The van der Waals surface area contributed by atoms with Crippen LogP contribution in [0.1, 0.15) is 32.7 Å². The number of aromatic nitrogens is 2. The molecular weight excluding hydrogens is 396 g/mol. The first-order chi connectivity index (χ1) is 14.9. The lowest BCUT2D eigenvalue weighted by Crippen LogP contribution is -2.38. The SMILES string of the molecule is Cc1cc(=O)[nH]c2c(C)cc(-c3c4c(nc(N5CCOCC5)c3C(N)=O)COC4)cc12. The summed E-state index contributed by atoms with van der Waals surface area (Å²) in [6, 6.07) is 5.58. The molecule has 31 heavy (non-hydrogen) atoms. The number of amides is 1. The zero-order valence-corrected chi connectivity index (χ0v) is 17.6. The summed E-state index contributed by atoms with van der Waals surface area (Å²) in [5, 5.41) is 0.933. The topological polar surface area (TPSA) is 111 Å². The van der Waals surface area contributed by atoms with E-state index in [1.54, 1.807) is 6.07 Å². The number of carbonyl (C=O) groups excluding carboxylic acids is 1. The Bertz CT molecular complexity index is 1280. The number of ether oxygens (including phenoxy) is 2. The van der Waals surface area contributed by atoms with Crippen LogP contribution in [0.4, 0.5) is 5.82 Å². The number of morpholine rings is 1. The largest absolute Gasteiger partial charge is 0.378 e. The van der Waals surface area contributed by atoms with E-state index in [0.29, 0.717) is 50.9 Å². The van der Waals surface area contributed by atoms with Crippen LogP contribution in [-0.4, -0.2) is 42.2 Å². The predicted molar refractivity (Wildman–Crippen MR) is 117 cm³/mol. The summed E-state index contributed by atoms with van der Waals surface area (Å²) < 4.78 is 11.2. The lowest BCUT2D eigenvalue weighted by atomic mass is 9.91. The Kier molecular flexibility index (Phi) is 4.75. The van der Waals surface area contributed by atoms with E-state index in [-0.39, 0.29) is 5.56 Å². The molecule has 0 bridgehead atoms. The minimum Gasteiger partial charge on any atom is -0.378 e. The van der Waals surface area contributed by atoms with E-state index < -0.39 is 5.91 Å². The number of hydrogen-bond donors (Lipinski definition) is 2. The fraction of sp³-hybridized carbons (Fsp3) is 0.348. The number of rotatable bonds is 3. The molecule has 2 aliphatic rings. The highest BCUT2D eigenvalue weighted by Gasteiger charge is 2.30. The molecule has 1 fully saturated rings. The third-order valence-electron chi connectivity index (χ3n) is 6.05. The first-order valence-corrected chi connectivity index (χ1v) is 10.3. The van der Waals surface area contributed by atoms with Gasteiger partial charge in [-0.1, -0.05) is 0 Å². The Morgan fingerprint density at radius 1 is 1.10 bits per heavy atom. The molecule has 2 aliphatic heterocycles. The minimum absolute atomic E-state index is 0.133. The van der Waals surface area contributed by atoms with Gasteiger partial charge in [0.05, 0.1) is 43.2 Å². The molecule has 0 atom stereocenters. The molecule has 1 aromatic carbocycles. The molecule has 3 aromatic rings. The predicted octanol–water partition coefficient (Wildman–Crippen LogP) is 2.17. The van der Waals surface area contributed by atoms with Gasteiger partial charge in [-0.2, -0.15) is 0 Å². The van der Waals surface area contributed by atoms with Crippen LogP contribution in [0.3, 0.4) is 0 Å². The van der Waals surface area contributed by atoms with Crippen LogP contribution in [0.25, 0.3) is 22.0 Å². The van der Waals surface area contributed by atoms with Gasteiger partial charge in [0.25, 0.3) is 5.91 Å². The first kappa shape index (κ1) is 19.7. The van der Waals surface area contributed by atoms with E-state index in [2.05, 4.69) is 9.88 Å². The van der Waals surface area contributed by atoms with E-state index in [9.17, 15) is 9.59 Å². The van der Waals surface area contributed by atoms with Gasteiger partial charge >= 0.3 is 0 Å². The number of nitrogens with one attached hydrogen (secondary N) is 1. The van der Waals surface area contributed by atoms with Crippen molar-refractivity contribution >= 4 is 22.6 Å². The van der Waals surface area contributed by atoms with Gasteiger partial charge in [-0.3, -0.25) is 9.59 Å². The Morgan fingerprint density at radius 3 is 2.61 bits per heavy atom. The highest BCUT2D eigenvalue weighted by Crippen LogP contribution is 2.39. The molecule has 0 radical (unpaired) electrons. The van der Waals surface area contributed by atoms with Crippen LogP contribution in [0.5, 0.6) is 0 Å². The van der Waals surface area contributed by atoms with E-state index in [0.717, 1.165) is 44.4 Å². The van der Waals surface area contributed by atoms with Crippen molar-refractivity contribution in [1.82, 2.24) is 9.97 Å². The third-order valence-corrected chi connectivity index (χ3v) is 6.05. The number of hydrogen-bond acceptors (Lipinski definition) is 6. The molecule has 3 N–H and O–H groups in total. The second kappa shape index (κ2) is 7.47. The lowest BCUT2D eigenvalue weighted by molar-refractivity contribution is 0.0998. The van der Waals surface area contributed by atoms with E-state index in [1.807, 2.05) is 26.0 Å². The van der Waals surface area contributed by atoms with Gasteiger partial charge in [-0.05, 0) is 42.7 Å². The molecule has 0 unspecified atom stereocenters. The zero-order chi connectivity index (χ0) is 21.7. The minimum atomic E-state index is -0.519. The molecule has 1 saturated heterocycles. The van der Waals surface area contributed by atoms with Crippen molar-refractivity contribution in [3.63, 3.8) is 0 Å². The third kappa shape index (κ3) is 3.28. The summed E-state index contributed by atoms with van der Waals surface area (Å²) in [7, 11) is 0. The summed E-state index contributed by atoms with van der Waals surface area (Å²) in [6.45, 7) is 7.07. The van der Waals surface area contributed by atoms with E-state index in [4.69, 9.17) is 20.2 Å². The van der Waals surface area contributed by atoms with Gasteiger partial charge in [-0.25, -0.2) is 4.98 Å². The number of pyridine rings is 2. The van der Waals surface area contributed by atoms with Crippen LogP contribution in [0, 0.1) is 13.8 Å². The highest BCUT2D eigenvalue weighted by molar-refractivity contribution is 6.06. The fourth-order valence-electron chi connectivity index (χ4n) is 4.58. The van der Waals surface area contributed by atoms with Crippen LogP contribution in [0.2, 0.25) is 0 Å². The number of aromatic amines is 1. The summed E-state index contributed by atoms with van der Waals surface area (Å²) in [6.07, 6.45) is 0. The van der Waals surface area contributed by atoms with Crippen molar-refractivity contribution in [3.05, 3.63) is 56.5 Å². The monoisotopic (exact) mass is 420 g/mol. The number of benzene rings is 1. The van der Waals surface area contributed by atoms with Crippen molar-refractivity contribution in [3.8, 4) is 11.1 Å². The van der Waals surface area contributed by atoms with Crippen LogP contribution < -0.4 is 16.2 Å². The maximum Gasteiger partial charge on any atom is 0.253 e. The molecule has 8 nitrogen and oxygen atoms in total. The Morgan fingerprint density at radius 2 is 1.87 bits per heavy atom. The molecule has 1 amide bonds. The van der Waals surface area contributed by atoms with Crippen LogP contribution in [0.15, 0.2) is 23.0 Å². The normalized spacial score (nSPS) is 16.0. The van der Waals surface area contributed by atoms with Gasteiger partial charge in [0.1, 0.15) is 5.82 Å². The van der Waals surface area contributed by atoms with Crippen molar-refractivity contribution in [1.29, 1.82) is 0 Å². The number of anilines is 1. The second-order valence-electron chi connectivity index (χ2n) is 8.10. The molecule has 0 saturated carbocycles. The quantitative estimate of drug-likeness (QED) is 0.672. The zero-order valence-electron chi connectivity index (χ0n) is 17.6. The molecule has 5 rings (SSSR count). The Balaban J connectivity index is 1.82. The first-order valence-electron chi connectivity index (χ1n) is 10.3. The fourth-order valence-corrected chi connectivity index (χ4v) is 4.58. The molecule has 8 heteroatoms. The summed E-state index contributed by atoms with van der Waals surface area (Å²) in [4.78, 5) is 34.5. The van der Waals surface area contributed by atoms with Gasteiger partial charge in [-0.15, -0.1) is 0 Å². The standard InChI is InChI=1S/C23H24N4O4/c1-12-8-18(28)26-21-13(2)7-14(9-15(12)21)19-16-10-31-11-17(16)25-23(20(19)22(24)29)27-3-5-30-6-4-27/h7-9H,3-6,10-11H2,1-2H3,(H2,24,29)(H,26,28). The molecular formula is C23H24N4O4. The average Bonchev–Trinajstić information content (AvgIpc) is 3.22. The molecule has 0 spiro atoms. The summed E-state index contributed by atoms with van der Waals surface area (Å²) in [5.41, 5.74) is 12.2. The smallest absolute Gasteiger partial charge is 0.253 e. The van der Waals surface area contributed by atoms with Gasteiger partial charge in [0, 0.05) is 35.7 Å². The van der Waals surface area contributed by atoms with E-state index in [1.165, 1.54) is 0 Å². The van der Waals surface area contributed by atoms with Gasteiger partial charge in [0.15, 0.2) is 0 Å². The van der Waals surface area contributed by atoms with Crippen LogP contribution in [-0.2, 0) is 22.7 Å². The molecule has 2 aromatic heterocycles. The lowest BCUT2D eigenvalue weighted by Gasteiger charge is -2.30. The molecule has 160 valence electrons. The highest BCUT2D eigenvalue weighted by atomic mass is 16.5. The molecule has 4 heterocycles. The van der Waals surface area contributed by atoms with Crippen molar-refractivity contribution in [2.45, 2.75) is 27.1 Å². The Hall–Kier alpha value is -3.23. The number of carbonyl (C=O) groups is 1. The maximum atomic E-state index is 12.8. The van der Waals surface area contributed by atoms with Crippen molar-refractivity contribution in [2.75, 3.05) is 31.2 Å². The van der Waals surface area contributed by atoms with Gasteiger partial charge < -0.3 is 25.1 Å². The second-order valence-corrected chi connectivity index (χ2v) is 8.10. The van der Waals surface area contributed by atoms with Crippen molar-refractivity contribution in [2.24, 2.45) is 5.73 Å². The maximum absolute atomic E-state index is 12.8. The van der Waals surface area contributed by atoms with E-state index >= 15 is 0 Å².